The van der Waals surface area contributed by atoms with E-state index in [1.54, 1.807) is 0 Å². The predicted molar refractivity (Wildman–Crippen MR) is 105 cm³/mol. The highest BCUT2D eigenvalue weighted by Gasteiger charge is 2.48. The van der Waals surface area contributed by atoms with Crippen molar-refractivity contribution in [3.63, 3.8) is 0 Å². The van der Waals surface area contributed by atoms with Gasteiger partial charge in [0.05, 0.1) is 13.5 Å². The molecule has 5 nitrogen and oxygen atoms in total. The lowest BCUT2D eigenvalue weighted by molar-refractivity contribution is -0.155. The summed E-state index contributed by atoms with van der Waals surface area (Å²) >= 11 is 0. The molecule has 0 spiro atoms. The van der Waals surface area contributed by atoms with Gasteiger partial charge in [-0.25, -0.2) is 0 Å². The van der Waals surface area contributed by atoms with Crippen molar-refractivity contribution in [2.45, 2.75) is 58.5 Å². The van der Waals surface area contributed by atoms with Crippen molar-refractivity contribution in [1.82, 2.24) is 5.32 Å². The zero-order valence-corrected chi connectivity index (χ0v) is 17.0. The van der Waals surface area contributed by atoms with Crippen LogP contribution >= 0.6 is 0 Å². The summed E-state index contributed by atoms with van der Waals surface area (Å²) in [6, 6.07) is 7.67. The number of carbonyl (C=O) groups is 2. The maximum Gasteiger partial charge on any atom is 0.309 e. The third-order valence-electron chi connectivity index (χ3n) is 5.80. The highest BCUT2D eigenvalue weighted by atomic mass is 16.5. The SMILES string of the molecule is COC(=O)Cc1ccccc1CCNC(=O)[C@]1(O)C[C@H](C)CC[C@H]1C(C)C. The first-order valence-corrected chi connectivity index (χ1v) is 9.92. The molecule has 1 aliphatic carbocycles. The molecule has 27 heavy (non-hydrogen) atoms. The van der Waals surface area contributed by atoms with E-state index >= 15 is 0 Å². The fraction of sp³-hybridized carbons (Fsp3) is 0.636. The van der Waals surface area contributed by atoms with Gasteiger partial charge < -0.3 is 15.2 Å². The van der Waals surface area contributed by atoms with Crippen molar-refractivity contribution >= 4 is 11.9 Å². The Labute approximate surface area is 162 Å². The van der Waals surface area contributed by atoms with Gasteiger partial charge in [0.1, 0.15) is 5.60 Å². The number of rotatable bonds is 7. The molecular formula is C22H33NO4. The van der Waals surface area contributed by atoms with E-state index < -0.39 is 5.60 Å². The molecule has 1 aromatic carbocycles. The standard InChI is InChI=1S/C22H33NO4/c1-15(2)19-10-9-16(3)14-22(19,26)21(25)23-12-11-17-7-5-6-8-18(17)13-20(24)27-4/h5-8,15-16,19,26H,9-14H2,1-4H3,(H,23,25)/t16-,19+,22+/m1/s1. The lowest BCUT2D eigenvalue weighted by Gasteiger charge is -2.43. The normalized spacial score (nSPS) is 25.3. The zero-order valence-electron chi connectivity index (χ0n) is 17.0. The van der Waals surface area contributed by atoms with E-state index in [2.05, 4.69) is 26.1 Å². The molecule has 0 aliphatic heterocycles. The Morgan fingerprint density at radius 1 is 1.26 bits per heavy atom. The third kappa shape index (κ3) is 5.32. The first-order valence-electron chi connectivity index (χ1n) is 9.92. The van der Waals surface area contributed by atoms with Crippen molar-refractivity contribution in [1.29, 1.82) is 0 Å². The Balaban J connectivity index is 2.00. The molecule has 1 amide bonds. The van der Waals surface area contributed by atoms with E-state index in [-0.39, 0.29) is 30.1 Å². The minimum atomic E-state index is -1.29. The summed E-state index contributed by atoms with van der Waals surface area (Å²) in [5.41, 5.74) is 0.619. The molecule has 1 fully saturated rings. The Kier molecular flexibility index (Phi) is 7.42. The van der Waals surface area contributed by atoms with Crippen LogP contribution in [-0.2, 0) is 27.2 Å². The number of methoxy groups -OCH3 is 1. The number of hydrogen-bond acceptors (Lipinski definition) is 4. The number of benzene rings is 1. The highest BCUT2D eigenvalue weighted by molar-refractivity contribution is 5.85. The third-order valence-corrected chi connectivity index (χ3v) is 5.80. The largest absolute Gasteiger partial charge is 0.469 e. The monoisotopic (exact) mass is 375 g/mol. The Morgan fingerprint density at radius 2 is 1.93 bits per heavy atom. The molecule has 0 saturated heterocycles. The molecule has 1 aliphatic rings. The van der Waals surface area contributed by atoms with Crippen LogP contribution in [0.5, 0.6) is 0 Å². The average molecular weight is 376 g/mol. The lowest BCUT2D eigenvalue weighted by Crippen LogP contribution is -2.56. The van der Waals surface area contributed by atoms with E-state index in [9.17, 15) is 14.7 Å². The van der Waals surface area contributed by atoms with Gasteiger partial charge in [0.25, 0.3) is 5.91 Å². The van der Waals surface area contributed by atoms with E-state index in [1.807, 2.05) is 24.3 Å². The zero-order chi connectivity index (χ0) is 20.0. The van der Waals surface area contributed by atoms with Crippen LogP contribution in [0.1, 0.15) is 51.2 Å². The van der Waals surface area contributed by atoms with Gasteiger partial charge in [0.15, 0.2) is 0 Å². The summed E-state index contributed by atoms with van der Waals surface area (Å²) in [4.78, 5) is 24.4. The second-order valence-corrected chi connectivity index (χ2v) is 8.19. The van der Waals surface area contributed by atoms with Gasteiger partial charge in [-0.2, -0.15) is 0 Å². The van der Waals surface area contributed by atoms with E-state index in [1.165, 1.54) is 7.11 Å². The molecular weight excluding hydrogens is 342 g/mol. The fourth-order valence-corrected chi connectivity index (χ4v) is 4.30. The van der Waals surface area contributed by atoms with Crippen molar-refractivity contribution < 1.29 is 19.4 Å². The van der Waals surface area contributed by atoms with Gasteiger partial charge in [-0.1, -0.05) is 51.5 Å². The molecule has 1 aromatic rings. The molecule has 2 rings (SSSR count). The van der Waals surface area contributed by atoms with Gasteiger partial charge in [-0.05, 0) is 48.1 Å². The van der Waals surface area contributed by atoms with Crippen LogP contribution in [-0.4, -0.2) is 36.2 Å². The molecule has 0 bridgehead atoms. The van der Waals surface area contributed by atoms with E-state index in [4.69, 9.17) is 4.74 Å². The van der Waals surface area contributed by atoms with Crippen LogP contribution in [0.25, 0.3) is 0 Å². The molecule has 0 aromatic heterocycles. The maximum atomic E-state index is 12.8. The summed E-state index contributed by atoms with van der Waals surface area (Å²) in [5.74, 6) is 0.0424. The Bertz CT molecular complexity index is 657. The Hall–Kier alpha value is -1.88. The molecule has 3 atom stereocenters. The highest BCUT2D eigenvalue weighted by Crippen LogP contribution is 2.41. The summed E-state index contributed by atoms with van der Waals surface area (Å²) in [5, 5.41) is 14.1. The number of hydrogen-bond donors (Lipinski definition) is 2. The fourth-order valence-electron chi connectivity index (χ4n) is 4.30. The first-order chi connectivity index (χ1) is 12.8. The molecule has 5 heteroatoms. The number of carbonyl (C=O) groups excluding carboxylic acids is 2. The first kappa shape index (κ1) is 21.4. The smallest absolute Gasteiger partial charge is 0.309 e. The van der Waals surface area contributed by atoms with Crippen LogP contribution in [0, 0.1) is 17.8 Å². The molecule has 1 saturated carbocycles. The van der Waals surface area contributed by atoms with Gasteiger partial charge >= 0.3 is 5.97 Å². The predicted octanol–water partition coefficient (Wildman–Crippen LogP) is 2.88. The van der Waals surface area contributed by atoms with Crippen molar-refractivity contribution in [3.05, 3.63) is 35.4 Å². The van der Waals surface area contributed by atoms with E-state index in [0.29, 0.717) is 25.3 Å². The Morgan fingerprint density at radius 3 is 2.56 bits per heavy atom. The maximum absolute atomic E-state index is 12.8. The van der Waals surface area contributed by atoms with Crippen molar-refractivity contribution in [3.8, 4) is 0 Å². The van der Waals surface area contributed by atoms with Crippen LogP contribution in [0.15, 0.2) is 24.3 Å². The summed E-state index contributed by atoms with van der Waals surface area (Å²) in [7, 11) is 1.38. The van der Waals surface area contributed by atoms with Crippen LogP contribution < -0.4 is 5.32 Å². The topological polar surface area (TPSA) is 75.6 Å². The molecule has 150 valence electrons. The number of nitrogens with one attached hydrogen (secondary N) is 1. The lowest BCUT2D eigenvalue weighted by atomic mass is 9.66. The van der Waals surface area contributed by atoms with Crippen molar-refractivity contribution in [2.24, 2.45) is 17.8 Å². The molecule has 0 heterocycles. The van der Waals surface area contributed by atoms with Gasteiger partial charge in [0.2, 0.25) is 0 Å². The van der Waals surface area contributed by atoms with Gasteiger partial charge in [0, 0.05) is 6.54 Å². The molecule has 2 N–H and O–H groups in total. The quantitative estimate of drug-likeness (QED) is 0.719. The number of esters is 1. The summed E-state index contributed by atoms with van der Waals surface area (Å²) in [6.45, 7) is 6.67. The van der Waals surface area contributed by atoms with E-state index in [0.717, 1.165) is 24.0 Å². The molecule has 0 unspecified atom stereocenters. The van der Waals surface area contributed by atoms with Gasteiger partial charge in [-0.15, -0.1) is 0 Å². The van der Waals surface area contributed by atoms with Crippen LogP contribution in [0.3, 0.4) is 0 Å². The minimum Gasteiger partial charge on any atom is -0.469 e. The van der Waals surface area contributed by atoms with Crippen LogP contribution in [0.4, 0.5) is 0 Å². The average Bonchev–Trinajstić information content (AvgIpc) is 2.62. The van der Waals surface area contributed by atoms with Crippen LogP contribution in [0.2, 0.25) is 0 Å². The second kappa shape index (κ2) is 9.36. The second-order valence-electron chi connectivity index (χ2n) is 8.19. The van der Waals surface area contributed by atoms with Gasteiger partial charge in [-0.3, -0.25) is 9.59 Å². The summed E-state index contributed by atoms with van der Waals surface area (Å²) in [6.07, 6.45) is 3.28. The molecule has 0 radical (unpaired) electrons. The number of ether oxygens (including phenoxy) is 1. The summed E-state index contributed by atoms with van der Waals surface area (Å²) < 4.78 is 4.75. The number of amides is 1. The number of aliphatic hydroxyl groups is 1. The van der Waals surface area contributed by atoms with Crippen molar-refractivity contribution in [2.75, 3.05) is 13.7 Å². The minimum absolute atomic E-state index is 0.0136.